The zero-order valence-electron chi connectivity index (χ0n) is 9.08. The molecular weight excluding hydrogens is 190 g/mol. The molecule has 0 aromatic heterocycles. The Hall–Kier alpha value is -0.570. The Labute approximate surface area is 90.3 Å². The average Bonchev–Trinajstić information content (AvgIpc) is 2.14. The summed E-state index contributed by atoms with van der Waals surface area (Å²) in [6, 6.07) is 0. The Morgan fingerprint density at radius 1 is 1.13 bits per heavy atom. The fourth-order valence-electron chi connectivity index (χ4n) is 4.85. The van der Waals surface area contributed by atoms with Crippen molar-refractivity contribution < 1.29 is 9.63 Å². The fourth-order valence-corrected chi connectivity index (χ4v) is 4.85. The molecule has 0 aromatic rings. The van der Waals surface area contributed by atoms with Crippen molar-refractivity contribution in [3.8, 4) is 0 Å². The minimum Gasteiger partial charge on any atom is -0.373 e. The van der Waals surface area contributed by atoms with Gasteiger partial charge in [0.25, 0.3) is 0 Å². The van der Waals surface area contributed by atoms with Crippen LogP contribution in [0, 0.1) is 23.2 Å². The lowest BCUT2D eigenvalue weighted by Crippen LogP contribution is -2.47. The van der Waals surface area contributed by atoms with Gasteiger partial charge in [0.2, 0.25) is 0 Å². The molecule has 0 atom stereocenters. The maximum Gasteiger partial charge on any atom is 0.324 e. The van der Waals surface area contributed by atoms with Crippen molar-refractivity contribution >= 4 is 5.97 Å². The molecule has 4 bridgehead atoms. The van der Waals surface area contributed by atoms with Gasteiger partial charge in [-0.3, -0.25) is 4.79 Å². The van der Waals surface area contributed by atoms with Gasteiger partial charge in [0, 0.05) is 0 Å². The Balaban J connectivity index is 1.78. The monoisotopic (exact) mass is 209 g/mol. The van der Waals surface area contributed by atoms with Gasteiger partial charge in [-0.05, 0) is 61.7 Å². The van der Waals surface area contributed by atoms with E-state index in [1.165, 1.54) is 38.5 Å². The quantitative estimate of drug-likeness (QED) is 0.708. The van der Waals surface area contributed by atoms with Crippen molar-refractivity contribution in [1.29, 1.82) is 0 Å². The molecule has 15 heavy (non-hydrogen) atoms. The summed E-state index contributed by atoms with van der Waals surface area (Å²) in [5.74, 6) is 7.41. The molecule has 2 N–H and O–H groups in total. The minimum atomic E-state index is -0.211. The van der Waals surface area contributed by atoms with Gasteiger partial charge < -0.3 is 4.84 Å². The standard InChI is InChI=1S/C12H19NO2/c13-15-11(14)7-12-4-8-1-9(5-12)3-10(2-8)6-12/h8-10H,1-7,13H2. The number of carbonyl (C=O) groups excluding carboxylic acids is 1. The SMILES string of the molecule is NOC(=O)CC12CC3CC(CC(C3)C1)C2. The summed E-state index contributed by atoms with van der Waals surface area (Å²) in [5, 5.41) is 0. The Bertz CT molecular complexity index is 252. The van der Waals surface area contributed by atoms with Gasteiger partial charge in [0.05, 0.1) is 6.42 Å². The van der Waals surface area contributed by atoms with E-state index >= 15 is 0 Å². The zero-order chi connectivity index (χ0) is 10.5. The number of nitrogens with two attached hydrogens (primary N) is 1. The lowest BCUT2D eigenvalue weighted by molar-refractivity contribution is -0.152. The molecule has 0 saturated heterocycles. The molecule has 0 aliphatic heterocycles. The van der Waals surface area contributed by atoms with Crippen molar-refractivity contribution in [1.82, 2.24) is 0 Å². The predicted molar refractivity (Wildman–Crippen MR) is 55.5 cm³/mol. The summed E-state index contributed by atoms with van der Waals surface area (Å²) in [7, 11) is 0. The molecule has 4 rings (SSSR count). The Morgan fingerprint density at radius 3 is 2.00 bits per heavy atom. The molecule has 0 unspecified atom stereocenters. The summed E-state index contributed by atoms with van der Waals surface area (Å²) in [6.45, 7) is 0. The highest BCUT2D eigenvalue weighted by Gasteiger charge is 2.51. The van der Waals surface area contributed by atoms with Crippen molar-refractivity contribution in [3.05, 3.63) is 0 Å². The van der Waals surface area contributed by atoms with Crippen LogP contribution in [-0.4, -0.2) is 5.97 Å². The molecule has 4 aliphatic rings. The number of carbonyl (C=O) groups is 1. The van der Waals surface area contributed by atoms with E-state index in [2.05, 4.69) is 4.84 Å². The maximum absolute atomic E-state index is 11.3. The number of hydrogen-bond acceptors (Lipinski definition) is 3. The second-order valence-corrected chi connectivity index (χ2v) is 6.08. The largest absolute Gasteiger partial charge is 0.373 e. The summed E-state index contributed by atoms with van der Waals surface area (Å²) in [4.78, 5) is 15.7. The fraction of sp³-hybridized carbons (Fsp3) is 0.917. The molecule has 4 saturated carbocycles. The van der Waals surface area contributed by atoms with Gasteiger partial charge in [0.1, 0.15) is 0 Å². The van der Waals surface area contributed by atoms with E-state index in [-0.39, 0.29) is 11.4 Å². The van der Waals surface area contributed by atoms with Gasteiger partial charge in [0.15, 0.2) is 0 Å². The van der Waals surface area contributed by atoms with Crippen LogP contribution in [0.3, 0.4) is 0 Å². The van der Waals surface area contributed by atoms with Gasteiger partial charge in [-0.2, -0.15) is 5.90 Å². The van der Waals surface area contributed by atoms with E-state index in [1.54, 1.807) is 0 Å². The predicted octanol–water partition coefficient (Wildman–Crippen LogP) is 2.01. The molecule has 3 heteroatoms. The highest BCUT2D eigenvalue weighted by Crippen LogP contribution is 2.61. The van der Waals surface area contributed by atoms with Crippen LogP contribution < -0.4 is 5.90 Å². The van der Waals surface area contributed by atoms with Crippen LogP contribution >= 0.6 is 0 Å². The van der Waals surface area contributed by atoms with Gasteiger partial charge in [-0.1, -0.05) is 0 Å². The summed E-state index contributed by atoms with van der Waals surface area (Å²) in [5.41, 5.74) is 0.269. The van der Waals surface area contributed by atoms with E-state index in [4.69, 9.17) is 5.90 Å². The highest BCUT2D eigenvalue weighted by molar-refractivity contribution is 5.70. The van der Waals surface area contributed by atoms with Crippen LogP contribution in [0.1, 0.15) is 44.9 Å². The van der Waals surface area contributed by atoms with Crippen LogP contribution in [0.4, 0.5) is 0 Å². The van der Waals surface area contributed by atoms with Crippen LogP contribution in [-0.2, 0) is 9.63 Å². The lowest BCUT2D eigenvalue weighted by Gasteiger charge is -2.56. The van der Waals surface area contributed by atoms with Crippen LogP contribution in [0.15, 0.2) is 0 Å². The minimum absolute atomic E-state index is 0.211. The summed E-state index contributed by atoms with van der Waals surface area (Å²) < 4.78 is 0. The molecule has 0 spiro atoms. The van der Waals surface area contributed by atoms with E-state index in [1.807, 2.05) is 0 Å². The van der Waals surface area contributed by atoms with Crippen molar-refractivity contribution in [2.24, 2.45) is 29.1 Å². The second-order valence-electron chi connectivity index (χ2n) is 6.08. The van der Waals surface area contributed by atoms with E-state index in [9.17, 15) is 4.79 Å². The van der Waals surface area contributed by atoms with Crippen molar-refractivity contribution in [2.75, 3.05) is 0 Å². The number of rotatable bonds is 2. The van der Waals surface area contributed by atoms with Crippen molar-refractivity contribution in [3.63, 3.8) is 0 Å². The molecule has 0 radical (unpaired) electrons. The first-order valence-corrected chi connectivity index (χ1v) is 6.09. The summed E-state index contributed by atoms with van der Waals surface area (Å²) >= 11 is 0. The third kappa shape index (κ3) is 1.57. The molecule has 4 fully saturated rings. The van der Waals surface area contributed by atoms with Crippen LogP contribution in [0.2, 0.25) is 0 Å². The molecule has 3 nitrogen and oxygen atoms in total. The van der Waals surface area contributed by atoms with Crippen LogP contribution in [0.25, 0.3) is 0 Å². The zero-order valence-corrected chi connectivity index (χ0v) is 9.08. The van der Waals surface area contributed by atoms with Gasteiger partial charge in [-0.25, -0.2) is 0 Å². The third-order valence-corrected chi connectivity index (χ3v) is 4.82. The molecule has 0 aromatic carbocycles. The molecule has 0 heterocycles. The van der Waals surface area contributed by atoms with Gasteiger partial charge >= 0.3 is 5.97 Å². The Kier molecular flexibility index (Phi) is 2.06. The molecule has 4 aliphatic carbocycles. The van der Waals surface area contributed by atoms with E-state index in [0.717, 1.165) is 17.8 Å². The number of hydrogen-bond donors (Lipinski definition) is 1. The van der Waals surface area contributed by atoms with Crippen LogP contribution in [0.5, 0.6) is 0 Å². The Morgan fingerprint density at radius 2 is 1.60 bits per heavy atom. The smallest absolute Gasteiger partial charge is 0.324 e. The van der Waals surface area contributed by atoms with E-state index < -0.39 is 0 Å². The molecular formula is C12H19NO2. The highest BCUT2D eigenvalue weighted by atomic mass is 16.7. The first-order chi connectivity index (χ1) is 7.19. The lowest BCUT2D eigenvalue weighted by atomic mass is 9.49. The normalized spacial score (nSPS) is 46.9. The average molecular weight is 209 g/mol. The topological polar surface area (TPSA) is 52.3 Å². The van der Waals surface area contributed by atoms with Crippen molar-refractivity contribution in [2.45, 2.75) is 44.9 Å². The van der Waals surface area contributed by atoms with E-state index in [0.29, 0.717) is 6.42 Å². The molecule has 0 amide bonds. The third-order valence-electron chi connectivity index (χ3n) is 4.82. The maximum atomic E-state index is 11.3. The van der Waals surface area contributed by atoms with Gasteiger partial charge in [-0.15, -0.1) is 0 Å². The first kappa shape index (κ1) is 9.64. The summed E-state index contributed by atoms with van der Waals surface area (Å²) in [6.07, 6.45) is 8.54. The second kappa shape index (κ2) is 3.21. The molecule has 84 valence electrons. The first-order valence-electron chi connectivity index (χ1n) is 6.09.